The molecule has 0 fully saturated rings. The van der Waals surface area contributed by atoms with E-state index in [1.54, 1.807) is 13.8 Å². The van der Waals surface area contributed by atoms with Crippen molar-refractivity contribution in [2.75, 3.05) is 6.61 Å². The summed E-state index contributed by atoms with van der Waals surface area (Å²) in [5.41, 5.74) is 4.73. The predicted molar refractivity (Wildman–Crippen MR) is 106 cm³/mol. The number of nitrogens with zero attached hydrogens (tertiary/aromatic N) is 1. The zero-order chi connectivity index (χ0) is 20.3. The molecule has 0 spiro atoms. The van der Waals surface area contributed by atoms with Crippen molar-refractivity contribution in [3.8, 4) is 0 Å². The first-order valence-corrected chi connectivity index (χ1v) is 9.64. The van der Waals surface area contributed by atoms with E-state index in [-0.39, 0.29) is 35.3 Å². The van der Waals surface area contributed by atoms with Crippen molar-refractivity contribution in [2.24, 2.45) is 5.16 Å². The summed E-state index contributed by atoms with van der Waals surface area (Å²) in [6.45, 7) is 11.6. The number of hydrogen-bond donors (Lipinski definition) is 1. The lowest BCUT2D eigenvalue weighted by Gasteiger charge is -2.28. The van der Waals surface area contributed by atoms with E-state index in [4.69, 9.17) is 4.84 Å². The first kappa shape index (κ1) is 21.1. The van der Waals surface area contributed by atoms with E-state index in [0.29, 0.717) is 36.3 Å². The lowest BCUT2D eigenvalue weighted by Crippen LogP contribution is -2.25. The van der Waals surface area contributed by atoms with Gasteiger partial charge in [0, 0.05) is 12.8 Å². The molecular weight excluding hydrogens is 345 g/mol. The highest BCUT2D eigenvalue weighted by Crippen LogP contribution is 2.40. The smallest absolute Gasteiger partial charge is 0.168 e. The number of allylic oxidation sites excluding steroid dienone is 2. The highest BCUT2D eigenvalue weighted by Gasteiger charge is 2.33. The molecule has 148 valence electrons. The Hall–Kier alpha value is -2.17. The molecule has 2 rings (SSSR count). The molecular formula is C22H30FNO3. The normalized spacial score (nSPS) is 18.3. The van der Waals surface area contributed by atoms with Crippen LogP contribution in [0.1, 0.15) is 73.3 Å². The Morgan fingerprint density at radius 3 is 2.33 bits per heavy atom. The molecule has 4 nitrogen and oxygen atoms in total. The van der Waals surface area contributed by atoms with Crippen LogP contribution in [-0.4, -0.2) is 23.2 Å². The first-order chi connectivity index (χ1) is 12.7. The Morgan fingerprint density at radius 1 is 1.11 bits per heavy atom. The van der Waals surface area contributed by atoms with Gasteiger partial charge in [-0.1, -0.05) is 18.5 Å². The van der Waals surface area contributed by atoms with E-state index in [0.717, 1.165) is 23.1 Å². The second kappa shape index (κ2) is 8.68. The fourth-order valence-corrected chi connectivity index (χ4v) is 3.96. The topological polar surface area (TPSA) is 58.9 Å². The van der Waals surface area contributed by atoms with Crippen LogP contribution in [0.25, 0.3) is 0 Å². The molecule has 1 atom stereocenters. The maximum Gasteiger partial charge on any atom is 0.168 e. The average Bonchev–Trinajstić information content (AvgIpc) is 2.62. The van der Waals surface area contributed by atoms with Gasteiger partial charge in [0.2, 0.25) is 0 Å². The van der Waals surface area contributed by atoms with E-state index >= 15 is 0 Å². The Bertz CT molecular complexity index is 779. The van der Waals surface area contributed by atoms with E-state index in [1.165, 1.54) is 0 Å². The third-order valence-electron chi connectivity index (χ3n) is 5.52. The number of hydrogen-bond acceptors (Lipinski definition) is 4. The quantitative estimate of drug-likeness (QED) is 0.527. The summed E-state index contributed by atoms with van der Waals surface area (Å²) < 4.78 is 14.6. The second-order valence-electron chi connectivity index (χ2n) is 7.28. The molecule has 1 aliphatic rings. The van der Waals surface area contributed by atoms with Crippen LogP contribution < -0.4 is 0 Å². The largest absolute Gasteiger partial charge is 0.511 e. The van der Waals surface area contributed by atoms with Gasteiger partial charge in [0.1, 0.15) is 18.2 Å². The molecule has 5 heteroatoms. The van der Waals surface area contributed by atoms with Crippen molar-refractivity contribution in [1.29, 1.82) is 0 Å². The zero-order valence-corrected chi connectivity index (χ0v) is 17.2. The molecule has 1 N–H and O–H groups in total. The monoisotopic (exact) mass is 375 g/mol. The SMILES string of the molecule is CCCC(=NOCC)C1=C(O)CC(c2c(C)c(C)c(C)c(F)c2C)CC1=O. The minimum atomic E-state index is -0.231. The van der Waals surface area contributed by atoms with Crippen LogP contribution in [0.3, 0.4) is 0 Å². The number of benzene rings is 1. The molecule has 0 amide bonds. The third kappa shape index (κ3) is 4.07. The maximum absolute atomic E-state index is 14.6. The molecule has 0 aromatic heterocycles. The van der Waals surface area contributed by atoms with Crippen molar-refractivity contribution in [3.05, 3.63) is 45.0 Å². The average molecular weight is 375 g/mol. The molecule has 0 bridgehead atoms. The molecule has 0 aliphatic heterocycles. The third-order valence-corrected chi connectivity index (χ3v) is 5.52. The van der Waals surface area contributed by atoms with E-state index < -0.39 is 0 Å². The van der Waals surface area contributed by atoms with Crippen molar-refractivity contribution in [3.63, 3.8) is 0 Å². The van der Waals surface area contributed by atoms with Gasteiger partial charge in [-0.05, 0) is 74.8 Å². The van der Waals surface area contributed by atoms with Crippen molar-refractivity contribution < 1.29 is 19.1 Å². The lowest BCUT2D eigenvalue weighted by molar-refractivity contribution is -0.116. The van der Waals surface area contributed by atoms with Gasteiger partial charge in [-0.25, -0.2) is 4.39 Å². The summed E-state index contributed by atoms with van der Waals surface area (Å²) in [4.78, 5) is 18.0. The second-order valence-corrected chi connectivity index (χ2v) is 7.28. The van der Waals surface area contributed by atoms with Crippen LogP contribution in [-0.2, 0) is 9.63 Å². The fraction of sp³-hybridized carbons (Fsp3) is 0.545. The molecule has 0 saturated heterocycles. The number of rotatable bonds is 6. The Labute approximate surface area is 161 Å². The number of aliphatic hydroxyl groups excluding tert-OH is 1. The van der Waals surface area contributed by atoms with Gasteiger partial charge in [-0.2, -0.15) is 0 Å². The molecule has 27 heavy (non-hydrogen) atoms. The molecule has 1 aromatic carbocycles. The van der Waals surface area contributed by atoms with Crippen molar-refractivity contribution in [2.45, 2.75) is 73.1 Å². The van der Waals surface area contributed by atoms with Crippen LogP contribution in [0.2, 0.25) is 0 Å². The van der Waals surface area contributed by atoms with E-state index in [2.05, 4.69) is 5.16 Å². The summed E-state index contributed by atoms with van der Waals surface area (Å²) in [6, 6.07) is 0. The highest BCUT2D eigenvalue weighted by atomic mass is 19.1. The zero-order valence-electron chi connectivity index (χ0n) is 17.2. The molecule has 0 saturated carbocycles. The van der Waals surface area contributed by atoms with Gasteiger partial charge >= 0.3 is 0 Å². The predicted octanol–water partition coefficient (Wildman–Crippen LogP) is 5.51. The molecule has 0 heterocycles. The Balaban J connectivity index is 2.48. The summed E-state index contributed by atoms with van der Waals surface area (Å²) >= 11 is 0. The van der Waals surface area contributed by atoms with Gasteiger partial charge in [-0.3, -0.25) is 4.79 Å². The van der Waals surface area contributed by atoms with Crippen LogP contribution in [0.4, 0.5) is 4.39 Å². The summed E-state index contributed by atoms with van der Waals surface area (Å²) in [7, 11) is 0. The number of carbonyl (C=O) groups is 1. The minimum absolute atomic E-state index is 0.0283. The molecule has 1 aromatic rings. The molecule has 1 unspecified atom stereocenters. The Morgan fingerprint density at radius 2 is 1.78 bits per heavy atom. The van der Waals surface area contributed by atoms with Crippen molar-refractivity contribution >= 4 is 11.5 Å². The lowest BCUT2D eigenvalue weighted by atomic mass is 9.76. The van der Waals surface area contributed by atoms with E-state index in [9.17, 15) is 14.3 Å². The number of Topliss-reactive ketones (excluding diaryl/α,β-unsaturated/α-hetero) is 1. The van der Waals surface area contributed by atoms with Crippen LogP contribution >= 0.6 is 0 Å². The fourth-order valence-electron chi connectivity index (χ4n) is 3.96. The number of aliphatic hydroxyl groups is 1. The number of halogens is 1. The summed E-state index contributed by atoms with van der Waals surface area (Å²) in [5, 5.41) is 14.7. The van der Waals surface area contributed by atoms with Gasteiger partial charge in [0.15, 0.2) is 5.78 Å². The van der Waals surface area contributed by atoms with Crippen LogP contribution in [0, 0.1) is 33.5 Å². The number of oxime groups is 1. The van der Waals surface area contributed by atoms with E-state index in [1.807, 2.05) is 27.7 Å². The van der Waals surface area contributed by atoms with Gasteiger partial charge in [-0.15, -0.1) is 0 Å². The van der Waals surface area contributed by atoms with Gasteiger partial charge in [0.25, 0.3) is 0 Å². The maximum atomic E-state index is 14.6. The molecule has 1 aliphatic carbocycles. The molecule has 0 radical (unpaired) electrons. The Kier molecular flexibility index (Phi) is 6.79. The van der Waals surface area contributed by atoms with Crippen LogP contribution in [0.15, 0.2) is 16.5 Å². The first-order valence-electron chi connectivity index (χ1n) is 9.64. The number of carbonyl (C=O) groups excluding carboxylic acids is 1. The standard InChI is InChI=1S/C22H30FNO3/c1-7-9-17(24-27-8-2)21-18(25)10-16(11-19(21)26)20-13(4)12(3)14(5)22(23)15(20)6/h16,25H,7-11H2,1-6H3. The van der Waals surface area contributed by atoms with Crippen molar-refractivity contribution in [1.82, 2.24) is 0 Å². The van der Waals surface area contributed by atoms with Crippen LogP contribution in [0.5, 0.6) is 0 Å². The number of ketones is 1. The minimum Gasteiger partial charge on any atom is -0.511 e. The van der Waals surface area contributed by atoms with Gasteiger partial charge < -0.3 is 9.94 Å². The summed E-state index contributed by atoms with van der Waals surface area (Å²) in [6.07, 6.45) is 1.89. The summed E-state index contributed by atoms with van der Waals surface area (Å²) in [5.74, 6) is -0.585. The highest BCUT2D eigenvalue weighted by molar-refractivity contribution is 6.23. The van der Waals surface area contributed by atoms with Gasteiger partial charge in [0.05, 0.1) is 11.3 Å².